The number of aliphatic hydroxyl groups is 1. The first-order valence-electron chi connectivity index (χ1n) is 10.9. The minimum absolute atomic E-state index is 0.0703. The summed E-state index contributed by atoms with van der Waals surface area (Å²) in [6.45, 7) is 0.776. The molecule has 0 radical (unpaired) electrons. The Balaban J connectivity index is 1.69. The molecule has 1 aliphatic heterocycles. The summed E-state index contributed by atoms with van der Waals surface area (Å²) in [5.74, 6) is 0. The minimum atomic E-state index is -0.498. The molecule has 2 aliphatic rings. The van der Waals surface area contributed by atoms with E-state index in [9.17, 15) is 9.90 Å². The molecule has 3 aromatic rings. The van der Waals surface area contributed by atoms with E-state index < -0.39 is 6.10 Å². The molecule has 1 aliphatic carbocycles. The molecule has 1 N–H and O–H groups in total. The largest absolute Gasteiger partial charge is 0.391 e. The smallest absolute Gasteiger partial charge is 0.261 e. The Bertz CT molecular complexity index is 1220. The molecular formula is C25H26ClN3O2. The van der Waals surface area contributed by atoms with Gasteiger partial charge in [0.25, 0.3) is 5.56 Å². The highest BCUT2D eigenvalue weighted by atomic mass is 35.5. The number of hydrogen-bond acceptors (Lipinski definition) is 4. The summed E-state index contributed by atoms with van der Waals surface area (Å²) < 4.78 is 1.66. The number of nitrogens with zero attached hydrogens (tertiary/aromatic N) is 3. The summed E-state index contributed by atoms with van der Waals surface area (Å²) in [6.07, 6.45) is 9.67. The van der Waals surface area contributed by atoms with Crippen molar-refractivity contribution in [2.24, 2.45) is 0 Å². The van der Waals surface area contributed by atoms with Gasteiger partial charge in [0, 0.05) is 24.2 Å². The fourth-order valence-electron chi connectivity index (χ4n) is 4.95. The second kappa shape index (κ2) is 8.13. The maximum absolute atomic E-state index is 13.6. The Kier molecular flexibility index (Phi) is 5.32. The van der Waals surface area contributed by atoms with Gasteiger partial charge in [-0.25, -0.2) is 4.98 Å². The number of hydrogen-bond donors (Lipinski definition) is 1. The Labute approximate surface area is 186 Å². The zero-order valence-electron chi connectivity index (χ0n) is 17.6. The highest BCUT2D eigenvalue weighted by Gasteiger charge is 2.27. The van der Waals surface area contributed by atoms with Gasteiger partial charge in [0.2, 0.25) is 0 Å². The van der Waals surface area contributed by atoms with E-state index >= 15 is 0 Å². The third-order valence-electron chi connectivity index (χ3n) is 6.58. The third kappa shape index (κ3) is 3.66. The zero-order chi connectivity index (χ0) is 21.5. The Morgan fingerprint density at radius 3 is 2.74 bits per heavy atom. The molecule has 0 bridgehead atoms. The average molecular weight is 436 g/mol. The Morgan fingerprint density at radius 2 is 1.97 bits per heavy atom. The number of halogens is 1. The molecule has 1 saturated carbocycles. The predicted molar refractivity (Wildman–Crippen MR) is 126 cm³/mol. The lowest BCUT2D eigenvalue weighted by molar-refractivity contribution is 0.0735. The molecule has 2 aromatic carbocycles. The molecule has 0 unspecified atom stereocenters. The fourth-order valence-corrected chi connectivity index (χ4v) is 5.07. The van der Waals surface area contributed by atoms with Crippen molar-refractivity contribution in [2.45, 2.75) is 44.2 Å². The van der Waals surface area contributed by atoms with Gasteiger partial charge in [-0.3, -0.25) is 9.36 Å². The van der Waals surface area contributed by atoms with E-state index in [0.29, 0.717) is 16.8 Å². The number of rotatable bonds is 3. The summed E-state index contributed by atoms with van der Waals surface area (Å²) in [5.41, 5.74) is 5.00. The molecule has 0 saturated heterocycles. The van der Waals surface area contributed by atoms with Crippen molar-refractivity contribution in [2.75, 3.05) is 18.5 Å². The molecule has 1 fully saturated rings. The molecule has 31 heavy (non-hydrogen) atoms. The van der Waals surface area contributed by atoms with Crippen LogP contribution >= 0.6 is 11.6 Å². The van der Waals surface area contributed by atoms with Crippen LogP contribution in [0.2, 0.25) is 5.02 Å². The van der Waals surface area contributed by atoms with Crippen molar-refractivity contribution in [1.29, 1.82) is 0 Å². The molecular weight excluding hydrogens is 410 g/mol. The van der Waals surface area contributed by atoms with Crippen LogP contribution in [0, 0.1) is 0 Å². The van der Waals surface area contributed by atoms with Crippen LogP contribution in [0.25, 0.3) is 17.0 Å². The highest BCUT2D eigenvalue weighted by molar-refractivity contribution is 6.30. The van der Waals surface area contributed by atoms with Crippen LogP contribution in [0.15, 0.2) is 47.5 Å². The maximum Gasteiger partial charge on any atom is 0.261 e. The standard InChI is InChI=1S/C25H26ClN3O2/c1-28-12-4-5-19-17(13-16-8-10-18(26)11-9-16)14-20-23(24(19)28)27-15-29(25(20)31)21-6-2-3-7-22(21)30/h4-5,8-11,14-15,21-22,30H,2-3,6-7,12-13H2,1H3/t21-,22-/m0/s1. The first-order chi connectivity index (χ1) is 15.0. The molecule has 5 nitrogen and oxygen atoms in total. The van der Waals surface area contributed by atoms with Gasteiger partial charge in [-0.15, -0.1) is 0 Å². The first kappa shape index (κ1) is 20.3. The summed E-state index contributed by atoms with van der Waals surface area (Å²) in [7, 11) is 2.03. The molecule has 5 rings (SSSR count). The lowest BCUT2D eigenvalue weighted by Crippen LogP contribution is -2.35. The van der Waals surface area contributed by atoms with Crippen molar-refractivity contribution in [1.82, 2.24) is 9.55 Å². The van der Waals surface area contributed by atoms with Crippen molar-refractivity contribution in [3.8, 4) is 0 Å². The van der Waals surface area contributed by atoms with Crippen LogP contribution < -0.4 is 10.5 Å². The topological polar surface area (TPSA) is 58.4 Å². The third-order valence-corrected chi connectivity index (χ3v) is 6.83. The number of aliphatic hydroxyl groups excluding tert-OH is 1. The second-order valence-electron chi connectivity index (χ2n) is 8.66. The van der Waals surface area contributed by atoms with Crippen LogP contribution in [0.3, 0.4) is 0 Å². The van der Waals surface area contributed by atoms with Crippen LogP contribution in [-0.4, -0.2) is 34.4 Å². The fraction of sp³-hybridized carbons (Fsp3) is 0.360. The lowest BCUT2D eigenvalue weighted by atomic mass is 9.91. The Morgan fingerprint density at radius 1 is 1.19 bits per heavy atom. The van der Waals surface area contributed by atoms with E-state index in [1.807, 2.05) is 37.4 Å². The first-order valence-corrected chi connectivity index (χ1v) is 11.3. The molecule has 2 heterocycles. The number of aromatic nitrogens is 2. The normalized spacial score (nSPS) is 20.8. The van der Waals surface area contributed by atoms with Gasteiger partial charge < -0.3 is 10.0 Å². The molecule has 0 amide bonds. The molecule has 2 atom stereocenters. The van der Waals surface area contributed by atoms with E-state index in [2.05, 4.69) is 17.1 Å². The van der Waals surface area contributed by atoms with Crippen molar-refractivity contribution in [3.05, 3.63) is 74.8 Å². The molecule has 1 aromatic heterocycles. The second-order valence-corrected chi connectivity index (χ2v) is 9.09. The van der Waals surface area contributed by atoms with Crippen LogP contribution in [0.5, 0.6) is 0 Å². The number of fused-ring (bicyclic) bond motifs is 3. The van der Waals surface area contributed by atoms with E-state index in [1.54, 1.807) is 10.9 Å². The van der Waals surface area contributed by atoms with Crippen LogP contribution in [-0.2, 0) is 6.42 Å². The SMILES string of the molecule is CN1CC=Cc2c(Cc3ccc(Cl)cc3)cc3c(=O)n([C@H]4CCCC[C@@H]4O)cnc3c21. The summed E-state index contributed by atoms with van der Waals surface area (Å²) in [6, 6.07) is 9.63. The van der Waals surface area contributed by atoms with E-state index in [1.165, 1.54) is 0 Å². The van der Waals surface area contributed by atoms with Crippen molar-refractivity contribution < 1.29 is 5.11 Å². The van der Waals surface area contributed by atoms with Crippen molar-refractivity contribution >= 4 is 34.3 Å². The maximum atomic E-state index is 13.6. The van der Waals surface area contributed by atoms with Gasteiger partial charge in [-0.1, -0.05) is 48.7 Å². The van der Waals surface area contributed by atoms with Crippen molar-refractivity contribution in [3.63, 3.8) is 0 Å². The monoisotopic (exact) mass is 435 g/mol. The summed E-state index contributed by atoms with van der Waals surface area (Å²) >= 11 is 6.06. The lowest BCUT2D eigenvalue weighted by Gasteiger charge is -2.30. The summed E-state index contributed by atoms with van der Waals surface area (Å²) in [5, 5.41) is 11.8. The molecule has 0 spiro atoms. The minimum Gasteiger partial charge on any atom is -0.391 e. The highest BCUT2D eigenvalue weighted by Crippen LogP contribution is 2.36. The van der Waals surface area contributed by atoms with Gasteiger partial charge >= 0.3 is 0 Å². The van der Waals surface area contributed by atoms with E-state index in [0.717, 1.165) is 60.1 Å². The van der Waals surface area contributed by atoms with Gasteiger partial charge in [0.05, 0.1) is 29.5 Å². The van der Waals surface area contributed by atoms with Gasteiger partial charge in [-0.2, -0.15) is 0 Å². The number of anilines is 1. The zero-order valence-corrected chi connectivity index (χ0v) is 18.3. The van der Waals surface area contributed by atoms with Gasteiger partial charge in [0.15, 0.2) is 0 Å². The van der Waals surface area contributed by atoms with E-state index in [-0.39, 0.29) is 11.6 Å². The van der Waals surface area contributed by atoms with Gasteiger partial charge in [-0.05, 0) is 48.6 Å². The van der Waals surface area contributed by atoms with E-state index in [4.69, 9.17) is 16.6 Å². The van der Waals surface area contributed by atoms with Gasteiger partial charge in [0.1, 0.15) is 5.52 Å². The average Bonchev–Trinajstić information content (AvgIpc) is 2.77. The quantitative estimate of drug-likeness (QED) is 0.654. The van der Waals surface area contributed by atoms with Crippen LogP contribution in [0.1, 0.15) is 48.4 Å². The Hall–Kier alpha value is -2.63. The summed E-state index contributed by atoms with van der Waals surface area (Å²) in [4.78, 5) is 20.5. The number of likely N-dealkylation sites (N-methyl/N-ethyl adjacent to an activating group) is 1. The molecule has 160 valence electrons. The predicted octanol–water partition coefficient (Wildman–Crippen LogP) is 4.58. The number of benzene rings is 2. The van der Waals surface area contributed by atoms with Crippen LogP contribution in [0.4, 0.5) is 5.69 Å². The molecule has 6 heteroatoms.